The third kappa shape index (κ3) is 3.69. The first kappa shape index (κ1) is 17.5. The Morgan fingerprint density at radius 3 is 2.65 bits per heavy atom. The van der Waals surface area contributed by atoms with Crippen LogP contribution < -0.4 is 19.7 Å². The molecule has 0 radical (unpaired) electrons. The molecule has 8 nitrogen and oxygen atoms in total. The van der Waals surface area contributed by atoms with Crippen LogP contribution in [0.3, 0.4) is 0 Å². The standard InChI is InChI=1S/C18H20N4O4/c1-25-14-7-6-13(11-15(14)26-2)22-10-9-21(18(22)24)12-17(23)20-16-5-3-4-8-19-16/h3-8,11H,9-10,12H2,1-2H3,(H,19,20,23). The van der Waals surface area contributed by atoms with Crippen molar-refractivity contribution in [2.45, 2.75) is 0 Å². The first-order valence-electron chi connectivity index (χ1n) is 8.11. The molecule has 1 aromatic carbocycles. The fourth-order valence-corrected chi connectivity index (χ4v) is 2.75. The maximum Gasteiger partial charge on any atom is 0.325 e. The second-order valence-electron chi connectivity index (χ2n) is 5.66. The number of rotatable bonds is 6. The Morgan fingerprint density at radius 1 is 1.15 bits per heavy atom. The average Bonchev–Trinajstić information content (AvgIpc) is 3.02. The van der Waals surface area contributed by atoms with E-state index in [9.17, 15) is 9.59 Å². The number of benzene rings is 1. The number of urea groups is 1. The summed E-state index contributed by atoms with van der Waals surface area (Å²) < 4.78 is 10.5. The first-order valence-corrected chi connectivity index (χ1v) is 8.11. The van der Waals surface area contributed by atoms with Crippen LogP contribution in [-0.4, -0.2) is 55.7 Å². The summed E-state index contributed by atoms with van der Waals surface area (Å²) >= 11 is 0. The van der Waals surface area contributed by atoms with Crippen LogP contribution >= 0.6 is 0 Å². The van der Waals surface area contributed by atoms with Crippen molar-refractivity contribution in [1.29, 1.82) is 0 Å². The Kier molecular flexibility index (Phi) is 5.21. The van der Waals surface area contributed by atoms with E-state index in [1.54, 1.807) is 61.7 Å². The molecule has 136 valence electrons. The molecule has 0 atom stereocenters. The van der Waals surface area contributed by atoms with Gasteiger partial charge in [0.05, 0.1) is 14.2 Å². The molecule has 3 amide bonds. The number of nitrogens with one attached hydrogen (secondary N) is 1. The fraction of sp³-hybridized carbons (Fsp3) is 0.278. The molecule has 3 rings (SSSR count). The average molecular weight is 356 g/mol. The highest BCUT2D eigenvalue weighted by molar-refractivity contribution is 5.99. The summed E-state index contributed by atoms with van der Waals surface area (Å²) in [5.74, 6) is 1.31. The topological polar surface area (TPSA) is 84.0 Å². The Labute approximate surface area is 151 Å². The van der Waals surface area contributed by atoms with Gasteiger partial charge in [-0.1, -0.05) is 6.07 Å². The maximum absolute atomic E-state index is 12.6. The van der Waals surface area contributed by atoms with Gasteiger partial charge in [-0.2, -0.15) is 0 Å². The largest absolute Gasteiger partial charge is 0.493 e. The van der Waals surface area contributed by atoms with Gasteiger partial charge >= 0.3 is 6.03 Å². The molecule has 0 aliphatic carbocycles. The normalized spacial score (nSPS) is 13.7. The number of amides is 3. The lowest BCUT2D eigenvalue weighted by atomic mass is 10.2. The van der Waals surface area contributed by atoms with Crippen LogP contribution in [0, 0.1) is 0 Å². The minimum Gasteiger partial charge on any atom is -0.493 e. The minimum atomic E-state index is -0.286. The van der Waals surface area contributed by atoms with Crippen LogP contribution in [0.4, 0.5) is 16.3 Å². The molecular weight excluding hydrogens is 336 g/mol. The highest BCUT2D eigenvalue weighted by Crippen LogP contribution is 2.32. The second kappa shape index (κ2) is 7.73. The number of aromatic nitrogens is 1. The molecule has 2 aromatic rings. The van der Waals surface area contributed by atoms with E-state index >= 15 is 0 Å². The molecule has 1 saturated heterocycles. The van der Waals surface area contributed by atoms with Crippen molar-refractivity contribution in [2.24, 2.45) is 0 Å². The molecule has 0 saturated carbocycles. The molecule has 1 aliphatic rings. The molecule has 1 aromatic heterocycles. The van der Waals surface area contributed by atoms with E-state index in [0.717, 1.165) is 0 Å². The first-order chi connectivity index (χ1) is 12.6. The van der Waals surface area contributed by atoms with Crippen molar-refractivity contribution in [1.82, 2.24) is 9.88 Å². The smallest absolute Gasteiger partial charge is 0.325 e. The molecule has 0 spiro atoms. The molecular formula is C18H20N4O4. The molecule has 0 bridgehead atoms. The Balaban J connectivity index is 1.65. The van der Waals surface area contributed by atoms with Crippen molar-refractivity contribution in [3.63, 3.8) is 0 Å². The lowest BCUT2D eigenvalue weighted by Gasteiger charge is -2.19. The van der Waals surface area contributed by atoms with E-state index in [-0.39, 0.29) is 18.5 Å². The predicted octanol–water partition coefficient (Wildman–Crippen LogP) is 1.98. The van der Waals surface area contributed by atoms with Crippen molar-refractivity contribution in [3.05, 3.63) is 42.6 Å². The Morgan fingerprint density at radius 2 is 1.96 bits per heavy atom. The van der Waals surface area contributed by atoms with Crippen LogP contribution in [-0.2, 0) is 4.79 Å². The molecule has 1 aliphatic heterocycles. The van der Waals surface area contributed by atoms with Crippen LogP contribution in [0.2, 0.25) is 0 Å². The number of carbonyl (C=O) groups is 2. The van der Waals surface area contributed by atoms with E-state index < -0.39 is 0 Å². The van der Waals surface area contributed by atoms with Gasteiger partial charge in [0.2, 0.25) is 5.91 Å². The third-order valence-electron chi connectivity index (χ3n) is 4.04. The third-order valence-corrected chi connectivity index (χ3v) is 4.04. The summed E-state index contributed by atoms with van der Waals surface area (Å²) in [4.78, 5) is 31.9. The SMILES string of the molecule is COc1ccc(N2CCN(CC(=O)Nc3ccccn3)C2=O)cc1OC. The Bertz CT molecular complexity index is 797. The number of methoxy groups -OCH3 is 2. The molecule has 0 unspecified atom stereocenters. The fourth-order valence-electron chi connectivity index (χ4n) is 2.75. The molecule has 8 heteroatoms. The number of hydrogen-bond donors (Lipinski definition) is 1. The van der Waals surface area contributed by atoms with Gasteiger partial charge in [0.25, 0.3) is 0 Å². The van der Waals surface area contributed by atoms with Gasteiger partial charge in [0.15, 0.2) is 11.5 Å². The van der Waals surface area contributed by atoms with Crippen LogP contribution in [0.15, 0.2) is 42.6 Å². The Hall–Kier alpha value is -3.29. The van der Waals surface area contributed by atoms with Crippen molar-refractivity contribution in [3.8, 4) is 11.5 Å². The van der Waals surface area contributed by atoms with Gasteiger partial charge in [0, 0.05) is 31.0 Å². The summed E-state index contributed by atoms with van der Waals surface area (Å²) in [5.41, 5.74) is 0.695. The molecule has 1 fully saturated rings. The van der Waals surface area contributed by atoms with E-state index in [0.29, 0.717) is 36.1 Å². The summed E-state index contributed by atoms with van der Waals surface area (Å²) in [6, 6.07) is 10.3. The predicted molar refractivity (Wildman–Crippen MR) is 96.7 cm³/mol. The van der Waals surface area contributed by atoms with Gasteiger partial charge < -0.3 is 19.7 Å². The lowest BCUT2D eigenvalue weighted by molar-refractivity contribution is -0.116. The van der Waals surface area contributed by atoms with Gasteiger partial charge in [-0.15, -0.1) is 0 Å². The number of nitrogens with zero attached hydrogens (tertiary/aromatic N) is 3. The van der Waals surface area contributed by atoms with Crippen molar-refractivity contribution >= 4 is 23.4 Å². The quantitative estimate of drug-likeness (QED) is 0.856. The molecule has 26 heavy (non-hydrogen) atoms. The van der Waals surface area contributed by atoms with E-state index in [1.807, 2.05) is 0 Å². The van der Waals surface area contributed by atoms with E-state index in [4.69, 9.17) is 9.47 Å². The maximum atomic E-state index is 12.6. The lowest BCUT2D eigenvalue weighted by Crippen LogP contribution is -2.37. The number of carbonyl (C=O) groups excluding carboxylic acids is 2. The van der Waals surface area contributed by atoms with Crippen molar-refractivity contribution in [2.75, 3.05) is 44.1 Å². The molecule has 2 heterocycles. The summed E-state index contributed by atoms with van der Waals surface area (Å²) in [6.45, 7) is 0.924. The van der Waals surface area contributed by atoms with Crippen LogP contribution in [0.1, 0.15) is 0 Å². The zero-order valence-electron chi connectivity index (χ0n) is 14.6. The minimum absolute atomic E-state index is 0.0286. The van der Waals surface area contributed by atoms with E-state index in [2.05, 4.69) is 10.3 Å². The number of ether oxygens (including phenoxy) is 2. The zero-order valence-corrected chi connectivity index (χ0v) is 14.6. The summed E-state index contributed by atoms with van der Waals surface area (Å²) in [7, 11) is 3.10. The highest BCUT2D eigenvalue weighted by Gasteiger charge is 2.31. The van der Waals surface area contributed by atoms with E-state index in [1.165, 1.54) is 4.90 Å². The number of pyridine rings is 1. The summed E-state index contributed by atoms with van der Waals surface area (Å²) in [6.07, 6.45) is 1.59. The van der Waals surface area contributed by atoms with Gasteiger partial charge in [0.1, 0.15) is 12.4 Å². The zero-order chi connectivity index (χ0) is 18.5. The van der Waals surface area contributed by atoms with Gasteiger partial charge in [-0.25, -0.2) is 9.78 Å². The van der Waals surface area contributed by atoms with Gasteiger partial charge in [-0.05, 0) is 24.3 Å². The van der Waals surface area contributed by atoms with Crippen LogP contribution in [0.5, 0.6) is 11.5 Å². The van der Waals surface area contributed by atoms with Crippen LogP contribution in [0.25, 0.3) is 0 Å². The summed E-state index contributed by atoms with van der Waals surface area (Å²) in [5, 5.41) is 2.68. The number of anilines is 2. The molecule has 1 N–H and O–H groups in total. The monoisotopic (exact) mass is 356 g/mol. The number of hydrogen-bond acceptors (Lipinski definition) is 5. The second-order valence-corrected chi connectivity index (χ2v) is 5.66. The van der Waals surface area contributed by atoms with Gasteiger partial charge in [-0.3, -0.25) is 9.69 Å². The van der Waals surface area contributed by atoms with Crippen molar-refractivity contribution < 1.29 is 19.1 Å². The highest BCUT2D eigenvalue weighted by atomic mass is 16.5.